The third kappa shape index (κ3) is 4.26. The molecule has 0 radical (unpaired) electrons. The average Bonchev–Trinajstić information content (AvgIpc) is 3.02. The Balaban J connectivity index is 1.56. The zero-order chi connectivity index (χ0) is 16.2. The summed E-state index contributed by atoms with van der Waals surface area (Å²) in [5.41, 5.74) is 0.810. The maximum atomic E-state index is 12.2. The number of rotatable bonds is 4. The minimum Gasteiger partial charge on any atom is -0.411 e. The molecule has 1 saturated heterocycles. The van der Waals surface area contributed by atoms with E-state index in [0.29, 0.717) is 27.8 Å². The van der Waals surface area contributed by atoms with Crippen molar-refractivity contribution in [3.8, 4) is 11.5 Å². The van der Waals surface area contributed by atoms with Crippen molar-refractivity contribution in [1.82, 2.24) is 15.1 Å². The number of carbonyl (C=O) groups is 1. The van der Waals surface area contributed by atoms with E-state index in [1.165, 1.54) is 18.2 Å². The van der Waals surface area contributed by atoms with E-state index in [0.717, 1.165) is 25.1 Å². The lowest BCUT2D eigenvalue weighted by Gasteiger charge is -2.30. The molecule has 23 heavy (non-hydrogen) atoms. The van der Waals surface area contributed by atoms with Crippen molar-refractivity contribution in [1.29, 1.82) is 0 Å². The van der Waals surface area contributed by atoms with Crippen molar-refractivity contribution in [2.45, 2.75) is 25.0 Å². The van der Waals surface area contributed by atoms with Crippen molar-refractivity contribution in [2.24, 2.45) is 5.92 Å². The van der Waals surface area contributed by atoms with Crippen molar-refractivity contribution in [2.75, 3.05) is 18.8 Å². The van der Waals surface area contributed by atoms with Gasteiger partial charge in [0.15, 0.2) is 0 Å². The van der Waals surface area contributed by atoms with Gasteiger partial charge in [-0.05, 0) is 43.0 Å². The fourth-order valence-electron chi connectivity index (χ4n) is 2.61. The number of halogens is 1. The van der Waals surface area contributed by atoms with Crippen molar-refractivity contribution in [3.63, 3.8) is 0 Å². The summed E-state index contributed by atoms with van der Waals surface area (Å²) in [5.74, 6) is 1.48. The van der Waals surface area contributed by atoms with Crippen LogP contribution in [0.5, 0.6) is 0 Å². The zero-order valence-corrected chi connectivity index (χ0v) is 14.4. The molecule has 2 aromatic rings. The number of carbonyl (C=O) groups excluding carboxylic acids is 1. The summed E-state index contributed by atoms with van der Waals surface area (Å²) in [4.78, 5) is 14.2. The molecule has 1 amide bonds. The van der Waals surface area contributed by atoms with Crippen LogP contribution in [0.3, 0.4) is 0 Å². The molecule has 1 aliphatic rings. The van der Waals surface area contributed by atoms with Gasteiger partial charge in [-0.1, -0.05) is 30.3 Å². The summed E-state index contributed by atoms with van der Waals surface area (Å²) in [5, 5.41) is 9.07. The minimum absolute atomic E-state index is 0.132. The molecule has 1 aliphatic heterocycles. The number of likely N-dealkylation sites (tertiary alicyclic amines) is 1. The number of benzene rings is 1. The number of piperidine rings is 1. The standard InChI is InChI=1S/C16H18ClN3O2S/c1-11-3-2-8-20(9-11)14(21)10-23-16-19-18-15(22-16)12-4-6-13(17)7-5-12/h4-7,11H,2-3,8-10H2,1H3/t11-/m0/s1. The van der Waals surface area contributed by atoms with E-state index >= 15 is 0 Å². The summed E-state index contributed by atoms with van der Waals surface area (Å²) in [6.07, 6.45) is 2.28. The van der Waals surface area contributed by atoms with Gasteiger partial charge in [-0.2, -0.15) is 0 Å². The molecule has 1 atom stereocenters. The molecule has 1 fully saturated rings. The van der Waals surface area contributed by atoms with Crippen molar-refractivity contribution in [3.05, 3.63) is 29.3 Å². The molecule has 122 valence electrons. The second kappa shape index (κ2) is 7.36. The SMILES string of the molecule is C[C@H]1CCCN(C(=O)CSc2nnc(-c3ccc(Cl)cc3)o2)C1. The van der Waals surface area contributed by atoms with E-state index in [-0.39, 0.29) is 5.91 Å². The Morgan fingerprint density at radius 1 is 1.39 bits per heavy atom. The Kier molecular flexibility index (Phi) is 5.23. The number of amides is 1. The second-order valence-corrected chi connectivity index (χ2v) is 7.12. The van der Waals surface area contributed by atoms with Crippen LogP contribution in [0.15, 0.2) is 33.9 Å². The quantitative estimate of drug-likeness (QED) is 0.785. The van der Waals surface area contributed by atoms with Crippen LogP contribution in [0.1, 0.15) is 19.8 Å². The molecule has 1 aromatic carbocycles. The first-order valence-corrected chi connectivity index (χ1v) is 8.98. The van der Waals surface area contributed by atoms with Crippen molar-refractivity contribution >= 4 is 29.3 Å². The monoisotopic (exact) mass is 351 g/mol. The lowest BCUT2D eigenvalue weighted by Crippen LogP contribution is -2.40. The topological polar surface area (TPSA) is 59.2 Å². The summed E-state index contributed by atoms with van der Waals surface area (Å²) >= 11 is 7.14. The van der Waals surface area contributed by atoms with E-state index in [1.807, 2.05) is 17.0 Å². The molecule has 0 spiro atoms. The van der Waals surface area contributed by atoms with Gasteiger partial charge < -0.3 is 9.32 Å². The molecule has 0 unspecified atom stereocenters. The molecule has 7 heteroatoms. The lowest BCUT2D eigenvalue weighted by molar-refractivity contribution is -0.130. The van der Waals surface area contributed by atoms with Gasteiger partial charge in [0.1, 0.15) is 0 Å². The molecular formula is C16H18ClN3O2S. The van der Waals surface area contributed by atoms with E-state index in [4.69, 9.17) is 16.0 Å². The molecule has 0 bridgehead atoms. The number of hydrogen-bond donors (Lipinski definition) is 0. The Morgan fingerprint density at radius 2 is 2.17 bits per heavy atom. The zero-order valence-electron chi connectivity index (χ0n) is 12.9. The lowest BCUT2D eigenvalue weighted by atomic mass is 10.0. The first-order chi connectivity index (χ1) is 11.1. The maximum Gasteiger partial charge on any atom is 0.277 e. The fourth-order valence-corrected chi connectivity index (χ4v) is 3.40. The van der Waals surface area contributed by atoms with Crippen LogP contribution in [-0.2, 0) is 4.79 Å². The first-order valence-electron chi connectivity index (χ1n) is 7.62. The van der Waals surface area contributed by atoms with E-state index < -0.39 is 0 Å². The molecule has 0 N–H and O–H groups in total. The van der Waals surface area contributed by atoms with Crippen LogP contribution in [0.2, 0.25) is 5.02 Å². The summed E-state index contributed by atoms with van der Waals surface area (Å²) in [6, 6.07) is 7.19. The third-order valence-electron chi connectivity index (χ3n) is 3.83. The maximum absolute atomic E-state index is 12.2. The Morgan fingerprint density at radius 3 is 2.91 bits per heavy atom. The largest absolute Gasteiger partial charge is 0.411 e. The van der Waals surface area contributed by atoms with E-state index in [1.54, 1.807) is 12.1 Å². The van der Waals surface area contributed by atoms with Gasteiger partial charge in [-0.15, -0.1) is 10.2 Å². The van der Waals surface area contributed by atoms with Gasteiger partial charge in [0.25, 0.3) is 5.22 Å². The Hall–Kier alpha value is -1.53. The fraction of sp³-hybridized carbons (Fsp3) is 0.438. The molecular weight excluding hydrogens is 334 g/mol. The van der Waals surface area contributed by atoms with Gasteiger partial charge in [-0.25, -0.2) is 0 Å². The van der Waals surface area contributed by atoms with Crippen LogP contribution in [0.4, 0.5) is 0 Å². The highest BCUT2D eigenvalue weighted by molar-refractivity contribution is 7.99. The third-order valence-corrected chi connectivity index (χ3v) is 4.88. The molecule has 0 saturated carbocycles. The molecule has 0 aliphatic carbocycles. The molecule has 5 nitrogen and oxygen atoms in total. The number of thioether (sulfide) groups is 1. The van der Waals surface area contributed by atoms with Gasteiger partial charge >= 0.3 is 0 Å². The van der Waals surface area contributed by atoms with Crippen LogP contribution < -0.4 is 0 Å². The Labute approximate surface area is 144 Å². The minimum atomic E-state index is 0.132. The summed E-state index contributed by atoms with van der Waals surface area (Å²) in [7, 11) is 0. The number of nitrogens with zero attached hydrogens (tertiary/aromatic N) is 3. The highest BCUT2D eigenvalue weighted by Crippen LogP contribution is 2.25. The van der Waals surface area contributed by atoms with Crippen LogP contribution in [0.25, 0.3) is 11.5 Å². The molecule has 2 heterocycles. The first kappa shape index (κ1) is 16.3. The van der Waals surface area contributed by atoms with Crippen molar-refractivity contribution < 1.29 is 9.21 Å². The summed E-state index contributed by atoms with van der Waals surface area (Å²) < 4.78 is 5.60. The highest BCUT2D eigenvalue weighted by Gasteiger charge is 2.21. The van der Waals surface area contributed by atoms with E-state index in [9.17, 15) is 4.79 Å². The molecule has 1 aromatic heterocycles. The van der Waals surface area contributed by atoms with Gasteiger partial charge in [0, 0.05) is 23.7 Å². The van der Waals surface area contributed by atoms with Gasteiger partial charge in [-0.3, -0.25) is 4.79 Å². The Bertz CT molecular complexity index is 674. The predicted octanol–water partition coefficient (Wildman–Crippen LogP) is 3.74. The summed E-state index contributed by atoms with van der Waals surface area (Å²) in [6.45, 7) is 3.88. The van der Waals surface area contributed by atoms with Crippen LogP contribution in [-0.4, -0.2) is 39.8 Å². The average molecular weight is 352 g/mol. The molecule has 3 rings (SSSR count). The van der Waals surface area contributed by atoms with Crippen LogP contribution >= 0.6 is 23.4 Å². The van der Waals surface area contributed by atoms with Gasteiger partial charge in [0.05, 0.1) is 5.75 Å². The number of aromatic nitrogens is 2. The van der Waals surface area contributed by atoms with E-state index in [2.05, 4.69) is 17.1 Å². The normalized spacial score (nSPS) is 18.2. The smallest absolute Gasteiger partial charge is 0.277 e. The highest BCUT2D eigenvalue weighted by atomic mass is 35.5. The van der Waals surface area contributed by atoms with Gasteiger partial charge in [0.2, 0.25) is 11.8 Å². The second-order valence-electron chi connectivity index (χ2n) is 5.76. The van der Waals surface area contributed by atoms with Crippen LogP contribution in [0, 0.1) is 5.92 Å². The predicted molar refractivity (Wildman–Crippen MR) is 90.4 cm³/mol. The number of hydrogen-bond acceptors (Lipinski definition) is 5.